The first kappa shape index (κ1) is 14.6. The van der Waals surface area contributed by atoms with Gasteiger partial charge in [-0.1, -0.05) is 0 Å². The van der Waals surface area contributed by atoms with Gasteiger partial charge in [-0.3, -0.25) is 9.89 Å². The Morgan fingerprint density at radius 2 is 1.77 bits per heavy atom. The second kappa shape index (κ2) is 5.79. The Labute approximate surface area is 128 Å². The van der Waals surface area contributed by atoms with Crippen LogP contribution < -0.4 is 4.90 Å². The van der Waals surface area contributed by atoms with Crippen molar-refractivity contribution in [2.75, 3.05) is 31.1 Å². The Morgan fingerprint density at radius 1 is 1.14 bits per heavy atom. The fourth-order valence-electron chi connectivity index (χ4n) is 2.84. The maximum atomic E-state index is 13.0. The highest BCUT2D eigenvalue weighted by atomic mass is 19.1. The number of carbonyl (C=O) groups is 1. The van der Waals surface area contributed by atoms with E-state index in [0.29, 0.717) is 18.7 Å². The predicted octanol–water partition coefficient (Wildman–Crippen LogP) is 2.13. The summed E-state index contributed by atoms with van der Waals surface area (Å²) < 4.78 is 13.0. The Balaban J connectivity index is 1.67. The number of piperazine rings is 1. The van der Waals surface area contributed by atoms with Gasteiger partial charge in [-0.15, -0.1) is 0 Å². The molecular formula is C16H19FN4O. The van der Waals surface area contributed by atoms with Crippen molar-refractivity contribution in [3.8, 4) is 0 Å². The number of hydrogen-bond acceptors (Lipinski definition) is 3. The van der Waals surface area contributed by atoms with Crippen molar-refractivity contribution in [3.05, 3.63) is 47.0 Å². The lowest BCUT2D eigenvalue weighted by Gasteiger charge is -2.36. The molecule has 3 rings (SSSR count). The highest BCUT2D eigenvalue weighted by Crippen LogP contribution is 2.19. The maximum absolute atomic E-state index is 13.0. The third kappa shape index (κ3) is 2.68. The Bertz CT molecular complexity index is 652. The molecule has 1 saturated heterocycles. The van der Waals surface area contributed by atoms with Crippen LogP contribution >= 0.6 is 0 Å². The number of aromatic amines is 1. The summed E-state index contributed by atoms with van der Waals surface area (Å²) in [5, 5.41) is 6.94. The molecule has 0 spiro atoms. The van der Waals surface area contributed by atoms with Gasteiger partial charge in [-0.25, -0.2) is 4.39 Å². The number of rotatable bonds is 2. The van der Waals surface area contributed by atoms with E-state index in [1.807, 2.05) is 18.7 Å². The monoisotopic (exact) mass is 302 g/mol. The minimum atomic E-state index is -0.233. The van der Waals surface area contributed by atoms with Gasteiger partial charge in [0.25, 0.3) is 5.91 Å². The third-order valence-electron chi connectivity index (χ3n) is 4.10. The maximum Gasteiger partial charge on any atom is 0.257 e. The fourth-order valence-corrected chi connectivity index (χ4v) is 2.84. The van der Waals surface area contributed by atoms with E-state index in [-0.39, 0.29) is 11.7 Å². The molecule has 0 unspecified atom stereocenters. The molecule has 1 aromatic heterocycles. The number of carbonyl (C=O) groups excluding carboxylic acids is 1. The van der Waals surface area contributed by atoms with Crippen molar-refractivity contribution in [2.45, 2.75) is 13.8 Å². The molecule has 0 aliphatic carbocycles. The summed E-state index contributed by atoms with van der Waals surface area (Å²) in [7, 11) is 0. The first-order chi connectivity index (χ1) is 10.6. The quantitative estimate of drug-likeness (QED) is 0.924. The van der Waals surface area contributed by atoms with Crippen LogP contribution in [0.4, 0.5) is 10.1 Å². The number of aromatic nitrogens is 2. The molecule has 6 heteroatoms. The van der Waals surface area contributed by atoms with Crippen LogP contribution in [0.1, 0.15) is 21.7 Å². The van der Waals surface area contributed by atoms with Crippen LogP contribution in [0.5, 0.6) is 0 Å². The molecule has 1 fully saturated rings. The van der Waals surface area contributed by atoms with Crippen molar-refractivity contribution < 1.29 is 9.18 Å². The molecule has 1 aliphatic heterocycles. The van der Waals surface area contributed by atoms with Crippen molar-refractivity contribution in [2.24, 2.45) is 0 Å². The lowest BCUT2D eigenvalue weighted by molar-refractivity contribution is 0.0745. The number of nitrogens with one attached hydrogen (secondary N) is 1. The number of anilines is 1. The lowest BCUT2D eigenvalue weighted by Crippen LogP contribution is -2.49. The number of nitrogens with zero attached hydrogens (tertiary/aromatic N) is 3. The van der Waals surface area contributed by atoms with Crippen molar-refractivity contribution in [1.29, 1.82) is 0 Å². The second-order valence-corrected chi connectivity index (χ2v) is 5.56. The zero-order valence-electron chi connectivity index (χ0n) is 12.8. The van der Waals surface area contributed by atoms with Crippen LogP contribution in [0.3, 0.4) is 0 Å². The summed E-state index contributed by atoms with van der Waals surface area (Å²) >= 11 is 0. The minimum absolute atomic E-state index is 0.0301. The molecule has 2 aromatic rings. The molecule has 1 N–H and O–H groups in total. The minimum Gasteiger partial charge on any atom is -0.368 e. The Kier molecular flexibility index (Phi) is 3.83. The fraction of sp³-hybridized carbons (Fsp3) is 0.375. The van der Waals surface area contributed by atoms with E-state index >= 15 is 0 Å². The van der Waals surface area contributed by atoms with Gasteiger partial charge in [0.1, 0.15) is 5.82 Å². The van der Waals surface area contributed by atoms with E-state index in [9.17, 15) is 9.18 Å². The van der Waals surface area contributed by atoms with Gasteiger partial charge in [0.2, 0.25) is 0 Å². The van der Waals surface area contributed by atoms with Gasteiger partial charge in [0.15, 0.2) is 0 Å². The zero-order chi connectivity index (χ0) is 15.7. The summed E-state index contributed by atoms with van der Waals surface area (Å²) in [6, 6.07) is 6.48. The summed E-state index contributed by atoms with van der Waals surface area (Å²) in [6.45, 7) is 6.49. The van der Waals surface area contributed by atoms with Gasteiger partial charge in [-0.2, -0.15) is 5.10 Å². The van der Waals surface area contributed by atoms with Gasteiger partial charge in [0, 0.05) is 37.6 Å². The second-order valence-electron chi connectivity index (χ2n) is 5.56. The van der Waals surface area contributed by atoms with Crippen LogP contribution in [-0.4, -0.2) is 47.2 Å². The summed E-state index contributed by atoms with van der Waals surface area (Å²) in [5.74, 6) is -0.203. The van der Waals surface area contributed by atoms with Gasteiger partial charge < -0.3 is 9.80 Å². The molecule has 1 aliphatic rings. The van der Waals surface area contributed by atoms with Crippen LogP contribution in [-0.2, 0) is 0 Å². The first-order valence-electron chi connectivity index (χ1n) is 7.37. The summed E-state index contributed by atoms with van der Waals surface area (Å²) in [6.07, 6.45) is 0. The molecule has 0 saturated carbocycles. The number of aryl methyl sites for hydroxylation is 2. The standard InChI is InChI=1S/C16H19FN4O/c1-11-15(12(2)19-18-11)16(22)21-9-7-20(8-10-21)14-5-3-13(17)4-6-14/h3-6H,7-10H2,1-2H3,(H,18,19). The van der Waals surface area contributed by atoms with E-state index in [0.717, 1.165) is 30.2 Å². The average Bonchev–Trinajstić information content (AvgIpc) is 2.86. The normalized spacial score (nSPS) is 15.2. The lowest BCUT2D eigenvalue weighted by atomic mass is 10.1. The van der Waals surface area contributed by atoms with Crippen molar-refractivity contribution >= 4 is 11.6 Å². The number of amides is 1. The van der Waals surface area contributed by atoms with E-state index in [1.54, 1.807) is 12.1 Å². The molecule has 0 atom stereocenters. The number of halogens is 1. The first-order valence-corrected chi connectivity index (χ1v) is 7.37. The van der Waals surface area contributed by atoms with Crippen LogP contribution in [0.25, 0.3) is 0 Å². The van der Waals surface area contributed by atoms with Crippen molar-refractivity contribution in [1.82, 2.24) is 15.1 Å². The topological polar surface area (TPSA) is 52.2 Å². The Hall–Kier alpha value is -2.37. The largest absolute Gasteiger partial charge is 0.368 e. The van der Waals surface area contributed by atoms with Gasteiger partial charge >= 0.3 is 0 Å². The molecule has 1 aromatic carbocycles. The smallest absolute Gasteiger partial charge is 0.257 e. The summed E-state index contributed by atoms with van der Waals surface area (Å²) in [5.41, 5.74) is 3.21. The Morgan fingerprint density at radius 3 is 2.32 bits per heavy atom. The average molecular weight is 302 g/mol. The highest BCUT2D eigenvalue weighted by molar-refractivity contribution is 5.96. The number of H-pyrrole nitrogens is 1. The SMILES string of the molecule is Cc1n[nH]c(C)c1C(=O)N1CCN(c2ccc(F)cc2)CC1. The molecule has 5 nitrogen and oxygen atoms in total. The summed E-state index contributed by atoms with van der Waals surface area (Å²) in [4.78, 5) is 16.6. The highest BCUT2D eigenvalue weighted by Gasteiger charge is 2.25. The molecule has 0 radical (unpaired) electrons. The molecule has 116 valence electrons. The van der Waals surface area contributed by atoms with E-state index in [2.05, 4.69) is 15.1 Å². The molecule has 22 heavy (non-hydrogen) atoms. The third-order valence-corrected chi connectivity index (χ3v) is 4.10. The predicted molar refractivity (Wildman–Crippen MR) is 82.6 cm³/mol. The van der Waals surface area contributed by atoms with Gasteiger partial charge in [0.05, 0.1) is 11.3 Å². The molecule has 2 heterocycles. The van der Waals surface area contributed by atoms with E-state index < -0.39 is 0 Å². The molecule has 1 amide bonds. The van der Waals surface area contributed by atoms with Gasteiger partial charge in [-0.05, 0) is 38.1 Å². The number of benzene rings is 1. The number of hydrogen-bond donors (Lipinski definition) is 1. The van der Waals surface area contributed by atoms with Crippen LogP contribution in [0.2, 0.25) is 0 Å². The molecule has 0 bridgehead atoms. The molecular weight excluding hydrogens is 283 g/mol. The zero-order valence-corrected chi connectivity index (χ0v) is 12.8. The van der Waals surface area contributed by atoms with E-state index in [4.69, 9.17) is 0 Å². The van der Waals surface area contributed by atoms with E-state index in [1.165, 1.54) is 12.1 Å². The van der Waals surface area contributed by atoms with Crippen LogP contribution in [0.15, 0.2) is 24.3 Å². The van der Waals surface area contributed by atoms with Crippen molar-refractivity contribution in [3.63, 3.8) is 0 Å². The van der Waals surface area contributed by atoms with Crippen LogP contribution in [0, 0.1) is 19.7 Å².